The van der Waals surface area contributed by atoms with Gasteiger partial charge in [0.25, 0.3) is 0 Å². The van der Waals surface area contributed by atoms with Crippen molar-refractivity contribution in [2.24, 2.45) is 5.92 Å². The van der Waals surface area contributed by atoms with Crippen LogP contribution in [0.15, 0.2) is 115 Å². The molecule has 46 heavy (non-hydrogen) atoms. The van der Waals surface area contributed by atoms with Gasteiger partial charge in [-0.1, -0.05) is 42.5 Å². The maximum Gasteiger partial charge on any atom is 0.343 e. The van der Waals surface area contributed by atoms with Crippen LogP contribution < -0.4 is 19.1 Å². The van der Waals surface area contributed by atoms with Gasteiger partial charge in [-0.2, -0.15) is 0 Å². The zero-order chi connectivity index (χ0) is 32.0. The van der Waals surface area contributed by atoms with Crippen LogP contribution in [0.1, 0.15) is 27.1 Å². The molecule has 9 nitrogen and oxygen atoms in total. The lowest BCUT2D eigenvalue weighted by Gasteiger charge is -2.17. The first-order valence-electron chi connectivity index (χ1n) is 14.6. The number of Topliss-reactive ketones (excluding diaryl/α,β-unsaturated/α-hetero) is 1. The zero-order valence-corrected chi connectivity index (χ0v) is 24.9. The molecule has 0 radical (unpaired) electrons. The van der Waals surface area contributed by atoms with Gasteiger partial charge in [-0.25, -0.2) is 4.79 Å². The molecule has 0 aliphatic carbocycles. The van der Waals surface area contributed by atoms with E-state index in [1.54, 1.807) is 48.5 Å². The monoisotopic (exact) mass is 615 g/mol. The first kappa shape index (κ1) is 30.1. The van der Waals surface area contributed by atoms with Gasteiger partial charge in [-0.15, -0.1) is 0 Å². The van der Waals surface area contributed by atoms with E-state index in [4.69, 9.17) is 18.9 Å². The number of anilines is 1. The van der Waals surface area contributed by atoms with Crippen molar-refractivity contribution in [3.63, 3.8) is 0 Å². The number of ether oxygens (including phenoxy) is 4. The Morgan fingerprint density at radius 3 is 2.26 bits per heavy atom. The number of hydrogen-bond acceptors (Lipinski definition) is 8. The normalized spacial score (nSPS) is 14.2. The first-order chi connectivity index (χ1) is 22.4. The number of fused-ring (bicyclic) bond motifs is 1. The topological polar surface area (TPSA) is 108 Å². The summed E-state index contributed by atoms with van der Waals surface area (Å²) in [5.41, 5.74) is 1.23. The van der Waals surface area contributed by atoms with Crippen molar-refractivity contribution in [1.29, 1.82) is 0 Å². The molecule has 1 aliphatic rings. The number of esters is 2. The third-order valence-corrected chi connectivity index (χ3v) is 7.62. The third-order valence-electron chi connectivity index (χ3n) is 7.62. The number of methoxy groups -OCH3 is 1. The second kappa shape index (κ2) is 13.4. The van der Waals surface area contributed by atoms with E-state index in [1.165, 1.54) is 36.3 Å². The maximum atomic E-state index is 12.8. The summed E-state index contributed by atoms with van der Waals surface area (Å²) in [4.78, 5) is 52.2. The first-order valence-corrected chi connectivity index (χ1v) is 14.6. The predicted molar refractivity (Wildman–Crippen MR) is 171 cm³/mol. The van der Waals surface area contributed by atoms with E-state index in [1.807, 2.05) is 42.5 Å². The Balaban J connectivity index is 1.00. The summed E-state index contributed by atoms with van der Waals surface area (Å²) in [7, 11) is 1.50. The fourth-order valence-corrected chi connectivity index (χ4v) is 5.18. The Hall–Kier alpha value is -5.96. The van der Waals surface area contributed by atoms with Gasteiger partial charge < -0.3 is 23.8 Å². The number of ketones is 1. The summed E-state index contributed by atoms with van der Waals surface area (Å²) in [6.07, 6.45) is -0.0192. The predicted octanol–water partition coefficient (Wildman–Crippen LogP) is 6.64. The van der Waals surface area contributed by atoms with Gasteiger partial charge in [0, 0.05) is 29.6 Å². The summed E-state index contributed by atoms with van der Waals surface area (Å²) >= 11 is 0. The molecule has 0 saturated carbocycles. The molecule has 1 fully saturated rings. The van der Waals surface area contributed by atoms with Crippen LogP contribution in [0.3, 0.4) is 0 Å². The molecule has 1 aliphatic heterocycles. The fourth-order valence-electron chi connectivity index (χ4n) is 5.18. The van der Waals surface area contributed by atoms with Crippen LogP contribution in [-0.2, 0) is 14.3 Å². The molecule has 0 bridgehead atoms. The molecule has 9 heteroatoms. The molecular formula is C37H29NO8. The summed E-state index contributed by atoms with van der Waals surface area (Å²) < 4.78 is 21.9. The Labute approximate surface area is 264 Å². The average molecular weight is 616 g/mol. The van der Waals surface area contributed by atoms with Crippen LogP contribution in [0.2, 0.25) is 0 Å². The summed E-state index contributed by atoms with van der Waals surface area (Å²) in [6.45, 7) is -0.338. The molecular weight excluding hydrogens is 586 g/mol. The van der Waals surface area contributed by atoms with Gasteiger partial charge >= 0.3 is 11.9 Å². The molecule has 1 saturated heterocycles. The highest BCUT2D eigenvalue weighted by atomic mass is 16.5. The second-order valence-electron chi connectivity index (χ2n) is 10.7. The summed E-state index contributed by atoms with van der Waals surface area (Å²) in [5.74, 6) is -0.423. The van der Waals surface area contributed by atoms with Crippen molar-refractivity contribution < 1.29 is 38.1 Å². The Morgan fingerprint density at radius 1 is 0.761 bits per heavy atom. The summed E-state index contributed by atoms with van der Waals surface area (Å²) in [6, 6.07) is 33.4. The highest BCUT2D eigenvalue weighted by Crippen LogP contribution is 2.32. The highest BCUT2D eigenvalue weighted by molar-refractivity contribution is 6.01. The van der Waals surface area contributed by atoms with E-state index in [9.17, 15) is 19.2 Å². The number of nitrogens with zero attached hydrogens (tertiary/aromatic N) is 1. The zero-order valence-electron chi connectivity index (χ0n) is 24.9. The van der Waals surface area contributed by atoms with Crippen LogP contribution in [0.4, 0.5) is 5.69 Å². The van der Waals surface area contributed by atoms with E-state index in [2.05, 4.69) is 0 Å². The molecule has 5 aromatic rings. The van der Waals surface area contributed by atoms with Crippen LogP contribution in [0, 0.1) is 5.92 Å². The Bertz CT molecular complexity index is 1910. The lowest BCUT2D eigenvalue weighted by molar-refractivity contribution is -0.147. The Morgan fingerprint density at radius 2 is 1.48 bits per heavy atom. The molecule has 1 atom stereocenters. The number of amides is 1. The van der Waals surface area contributed by atoms with Crippen LogP contribution in [0.25, 0.3) is 10.8 Å². The standard InChI is InChI=1S/C37H29NO8/c1-43-31-9-4-8-26(20-31)37(42)46-30-16-12-25(13-17-30)33(39)23-44-36(41)27-21-35(40)38(22-27)28-14-18-29(19-15-28)45-34-11-5-7-24-6-2-3-10-32(24)34/h2-20,27H,21-23H2,1H3/t27-/m1/s1. The fraction of sp³-hybridized carbons (Fsp3) is 0.135. The van der Waals surface area contributed by atoms with Crippen molar-refractivity contribution in [2.45, 2.75) is 6.42 Å². The van der Waals surface area contributed by atoms with Crippen LogP contribution in [-0.4, -0.2) is 43.9 Å². The maximum absolute atomic E-state index is 12.8. The van der Waals surface area contributed by atoms with Gasteiger partial charge in [-0.05, 0) is 78.2 Å². The van der Waals surface area contributed by atoms with E-state index in [-0.39, 0.29) is 30.2 Å². The van der Waals surface area contributed by atoms with Gasteiger partial charge in [0.2, 0.25) is 5.91 Å². The summed E-state index contributed by atoms with van der Waals surface area (Å²) in [5, 5.41) is 2.06. The smallest absolute Gasteiger partial charge is 0.343 e. The van der Waals surface area contributed by atoms with Gasteiger partial charge in [-0.3, -0.25) is 14.4 Å². The van der Waals surface area contributed by atoms with Crippen molar-refractivity contribution in [3.8, 4) is 23.0 Å². The lowest BCUT2D eigenvalue weighted by Crippen LogP contribution is -2.27. The van der Waals surface area contributed by atoms with Gasteiger partial charge in [0.1, 0.15) is 23.0 Å². The largest absolute Gasteiger partial charge is 0.497 e. The van der Waals surface area contributed by atoms with Crippen molar-refractivity contribution in [3.05, 3.63) is 126 Å². The highest BCUT2D eigenvalue weighted by Gasteiger charge is 2.36. The molecule has 0 spiro atoms. The lowest BCUT2D eigenvalue weighted by atomic mass is 10.1. The number of benzene rings is 5. The van der Waals surface area contributed by atoms with Crippen molar-refractivity contribution in [2.75, 3.05) is 25.2 Å². The molecule has 230 valence electrons. The van der Waals surface area contributed by atoms with Crippen molar-refractivity contribution >= 4 is 40.1 Å². The molecule has 1 amide bonds. The SMILES string of the molecule is COc1cccc(C(=O)Oc2ccc(C(=O)COC(=O)[C@@H]3CC(=O)N(c4ccc(Oc5cccc6ccccc56)cc4)C3)cc2)c1. The van der Waals surface area contributed by atoms with E-state index in [0.717, 1.165) is 16.5 Å². The van der Waals surface area contributed by atoms with Crippen LogP contribution >= 0.6 is 0 Å². The molecule has 6 rings (SSSR count). The minimum atomic E-state index is -0.703. The Kier molecular flexibility index (Phi) is 8.73. The molecule has 0 aromatic heterocycles. The molecule has 1 heterocycles. The van der Waals surface area contributed by atoms with E-state index in [0.29, 0.717) is 22.7 Å². The third kappa shape index (κ3) is 6.73. The molecule has 0 N–H and O–H groups in total. The van der Waals surface area contributed by atoms with Crippen LogP contribution in [0.5, 0.6) is 23.0 Å². The quantitative estimate of drug-likeness (QED) is 0.0978. The molecule has 5 aromatic carbocycles. The molecule has 0 unspecified atom stereocenters. The number of carbonyl (C=O) groups is 4. The van der Waals surface area contributed by atoms with Gasteiger partial charge in [0.15, 0.2) is 12.4 Å². The van der Waals surface area contributed by atoms with E-state index < -0.39 is 30.2 Å². The minimum Gasteiger partial charge on any atom is -0.497 e. The average Bonchev–Trinajstić information content (AvgIpc) is 3.49. The number of carbonyl (C=O) groups excluding carboxylic acids is 4. The number of hydrogen-bond donors (Lipinski definition) is 0. The van der Waals surface area contributed by atoms with Gasteiger partial charge in [0.05, 0.1) is 18.6 Å². The minimum absolute atomic E-state index is 0.0192. The number of rotatable bonds is 10. The van der Waals surface area contributed by atoms with Crippen molar-refractivity contribution in [1.82, 2.24) is 0 Å². The van der Waals surface area contributed by atoms with E-state index >= 15 is 0 Å². The second-order valence-corrected chi connectivity index (χ2v) is 10.7.